The Hall–Kier alpha value is -3.55. The van der Waals surface area contributed by atoms with Gasteiger partial charge in [0.05, 0.1) is 32.9 Å². The average molecular weight is 531 g/mol. The summed E-state index contributed by atoms with van der Waals surface area (Å²) in [6, 6.07) is 9.14. The minimum Gasteiger partial charge on any atom is -0.383 e. The molecule has 0 bridgehead atoms. The Morgan fingerprint density at radius 1 is 1.29 bits per heavy atom. The van der Waals surface area contributed by atoms with Crippen LogP contribution in [0.3, 0.4) is 0 Å². The maximum atomic E-state index is 13.9. The van der Waals surface area contributed by atoms with E-state index in [4.69, 9.17) is 19.4 Å². The van der Waals surface area contributed by atoms with E-state index >= 15 is 0 Å². The van der Waals surface area contributed by atoms with Gasteiger partial charge in [0.1, 0.15) is 13.9 Å². The number of aryl methyl sites for hydroxylation is 1. The smallest absolute Gasteiger partial charge is 0.213 e. The third-order valence-electron chi connectivity index (χ3n) is 6.61. The third-order valence-corrected chi connectivity index (χ3v) is 6.90. The predicted octanol–water partition coefficient (Wildman–Crippen LogP) is 4.82. The van der Waals surface area contributed by atoms with E-state index in [2.05, 4.69) is 58.4 Å². The van der Waals surface area contributed by atoms with E-state index in [0.29, 0.717) is 62.4 Å². The van der Waals surface area contributed by atoms with Crippen molar-refractivity contribution in [3.8, 4) is 6.07 Å². The van der Waals surface area contributed by atoms with Crippen LogP contribution in [0.1, 0.15) is 50.4 Å². The largest absolute Gasteiger partial charge is 0.383 e. The Labute approximate surface area is 228 Å². The first-order chi connectivity index (χ1) is 18.0. The highest BCUT2D eigenvalue weighted by Crippen LogP contribution is 2.39. The lowest BCUT2D eigenvalue weighted by atomic mass is 9.69. The fraction of sp³-hybridized carbons (Fsp3) is 0.370. The number of benzene rings is 1. The summed E-state index contributed by atoms with van der Waals surface area (Å²) < 4.78 is 13.9. The van der Waals surface area contributed by atoms with Crippen LogP contribution in [0.15, 0.2) is 42.4 Å². The summed E-state index contributed by atoms with van der Waals surface area (Å²) in [4.78, 5) is 8.46. The maximum absolute atomic E-state index is 13.9. The monoisotopic (exact) mass is 530 g/mol. The Morgan fingerprint density at radius 2 is 2.05 bits per heavy atom. The average Bonchev–Trinajstić information content (AvgIpc) is 3.57. The van der Waals surface area contributed by atoms with Gasteiger partial charge in [0, 0.05) is 41.8 Å². The van der Waals surface area contributed by atoms with Crippen LogP contribution in [0, 0.1) is 29.6 Å². The summed E-state index contributed by atoms with van der Waals surface area (Å²) in [6.45, 7) is 8.68. The minimum absolute atomic E-state index is 0.0253. The number of aromatic nitrogens is 2. The minimum atomic E-state index is -1.32. The lowest BCUT2D eigenvalue weighted by Gasteiger charge is -2.35. The Kier molecular flexibility index (Phi) is 6.62. The molecule has 1 aliphatic heterocycles. The second kappa shape index (κ2) is 9.64. The number of pyridine rings is 2. The van der Waals surface area contributed by atoms with Crippen LogP contribution in [0.25, 0.3) is 10.9 Å². The molecule has 1 fully saturated rings. The van der Waals surface area contributed by atoms with Crippen molar-refractivity contribution in [3.63, 3.8) is 0 Å². The number of nitrogens with one attached hydrogen (secondary N) is 4. The number of hydrogen-bond acceptors (Lipinski definition) is 8. The molecule has 0 unspecified atom stereocenters. The number of anilines is 2. The van der Waals surface area contributed by atoms with Gasteiger partial charge in [-0.1, -0.05) is 38.4 Å². The molecule has 2 aliphatic rings. The van der Waals surface area contributed by atoms with E-state index in [0.717, 1.165) is 12.8 Å². The van der Waals surface area contributed by atoms with Crippen molar-refractivity contribution < 1.29 is 4.39 Å². The van der Waals surface area contributed by atoms with Crippen molar-refractivity contribution >= 4 is 41.7 Å². The van der Waals surface area contributed by atoms with Crippen molar-refractivity contribution in [2.75, 3.05) is 17.2 Å². The van der Waals surface area contributed by atoms with Crippen LogP contribution >= 0.6 is 11.6 Å². The fourth-order valence-corrected chi connectivity index (χ4v) is 4.76. The van der Waals surface area contributed by atoms with Gasteiger partial charge in [-0.15, -0.1) is 5.53 Å². The molecule has 2 radical (unpaired) electrons. The fourth-order valence-electron chi connectivity index (χ4n) is 4.49. The number of fused-ring (bicyclic) bond motifs is 1. The molecule has 11 heteroatoms. The quantitative estimate of drug-likeness (QED) is 0.255. The molecule has 0 saturated heterocycles. The summed E-state index contributed by atoms with van der Waals surface area (Å²) in [5.41, 5.74) is 8.87. The second-order valence-electron chi connectivity index (χ2n) is 11.0. The zero-order chi connectivity index (χ0) is 27.2. The summed E-state index contributed by atoms with van der Waals surface area (Å²) >= 11 is 6.71. The Morgan fingerprint density at radius 3 is 2.71 bits per heavy atom. The topological polar surface area (TPSA) is 101 Å². The molecule has 38 heavy (non-hydrogen) atoms. The highest BCUT2D eigenvalue weighted by Gasteiger charge is 2.39. The number of nitriles is 1. The van der Waals surface area contributed by atoms with Crippen LogP contribution in [-0.4, -0.2) is 35.4 Å². The van der Waals surface area contributed by atoms with Crippen molar-refractivity contribution in [2.24, 2.45) is 5.41 Å². The SMILES string of the molecule is [B][C@@](Nc1cc(Cl)c2ncc(C#N)c(NCC(C)(C)C)c2c1)(C1=CN(C2CC2)NN1)c1ccc(F)nc1C. The van der Waals surface area contributed by atoms with Gasteiger partial charge >= 0.3 is 0 Å². The molecule has 3 aromatic rings. The van der Waals surface area contributed by atoms with Crippen molar-refractivity contribution in [1.82, 2.24) is 25.9 Å². The molecule has 4 N–H and O–H groups in total. The van der Waals surface area contributed by atoms with Gasteiger partial charge < -0.3 is 16.1 Å². The van der Waals surface area contributed by atoms with Crippen LogP contribution in [0.5, 0.6) is 0 Å². The molecule has 3 heterocycles. The van der Waals surface area contributed by atoms with Crippen molar-refractivity contribution in [1.29, 1.82) is 5.26 Å². The van der Waals surface area contributed by atoms with Gasteiger partial charge in [0.15, 0.2) is 0 Å². The zero-order valence-corrected chi connectivity index (χ0v) is 22.5. The molecule has 1 aromatic carbocycles. The summed E-state index contributed by atoms with van der Waals surface area (Å²) in [5.74, 6) is -0.585. The Bertz CT molecular complexity index is 1480. The van der Waals surface area contributed by atoms with Crippen molar-refractivity contribution in [2.45, 2.75) is 52.0 Å². The molecule has 194 valence electrons. The zero-order valence-electron chi connectivity index (χ0n) is 21.8. The van der Waals surface area contributed by atoms with Gasteiger partial charge in [0.2, 0.25) is 5.95 Å². The summed E-state index contributed by atoms with van der Waals surface area (Å²) in [6.07, 6.45) is 5.61. The second-order valence-corrected chi connectivity index (χ2v) is 11.5. The van der Waals surface area contributed by atoms with E-state index in [1.165, 1.54) is 12.3 Å². The Balaban J connectivity index is 1.62. The number of halogens is 2. The van der Waals surface area contributed by atoms with Crippen LogP contribution in [0.4, 0.5) is 15.8 Å². The maximum Gasteiger partial charge on any atom is 0.213 e. The van der Waals surface area contributed by atoms with Crippen LogP contribution in [0.2, 0.25) is 5.02 Å². The van der Waals surface area contributed by atoms with E-state index < -0.39 is 11.4 Å². The first-order valence-electron chi connectivity index (χ1n) is 12.5. The first-order valence-corrected chi connectivity index (χ1v) is 12.9. The molecular weight excluding hydrogens is 502 g/mol. The first kappa shape index (κ1) is 26.1. The number of nitrogens with zero attached hydrogens (tertiary/aromatic N) is 4. The molecule has 1 atom stereocenters. The highest BCUT2D eigenvalue weighted by atomic mass is 35.5. The van der Waals surface area contributed by atoms with Crippen LogP contribution < -0.4 is 21.6 Å². The molecule has 1 aliphatic carbocycles. The number of hydrogen-bond donors (Lipinski definition) is 4. The van der Waals surface area contributed by atoms with E-state index in [9.17, 15) is 9.65 Å². The molecular formula is C27H29BClFN8. The van der Waals surface area contributed by atoms with Gasteiger partial charge in [0.25, 0.3) is 0 Å². The lowest BCUT2D eigenvalue weighted by molar-refractivity contribution is 0.260. The lowest BCUT2D eigenvalue weighted by Crippen LogP contribution is -2.46. The molecule has 1 saturated carbocycles. The molecule has 8 nitrogen and oxygen atoms in total. The predicted molar refractivity (Wildman–Crippen MR) is 149 cm³/mol. The van der Waals surface area contributed by atoms with Crippen molar-refractivity contribution in [3.05, 3.63) is 70.2 Å². The summed E-state index contributed by atoms with van der Waals surface area (Å²) in [5, 5.41) is 19.7. The number of hydrazine groups is 2. The summed E-state index contributed by atoms with van der Waals surface area (Å²) in [7, 11) is 7.10. The molecule has 5 rings (SSSR count). The van der Waals surface area contributed by atoms with Gasteiger partial charge in [-0.3, -0.25) is 9.99 Å². The van der Waals surface area contributed by atoms with E-state index in [1.54, 1.807) is 19.1 Å². The van der Waals surface area contributed by atoms with Gasteiger partial charge in [-0.2, -0.15) is 9.65 Å². The third kappa shape index (κ3) is 5.09. The van der Waals surface area contributed by atoms with Crippen LogP contribution in [-0.2, 0) is 5.44 Å². The molecule has 0 spiro atoms. The normalized spacial score (nSPS) is 17.0. The van der Waals surface area contributed by atoms with E-state index in [1.807, 2.05) is 17.3 Å². The standard InChI is InChI=1S/C27H29BClFN8/c1-15-20(7-8-23(30)34-15)27(28,22-13-38(37-36-22)18-5-6-18)35-17-9-19-24(33-14-26(2,3)4)16(11-31)12-32-25(19)21(29)10-17/h7-10,12-13,18,35-37H,5-6,14H2,1-4H3,(H,32,33)/t27-/m0/s1. The van der Waals surface area contributed by atoms with Gasteiger partial charge in [-0.05, 0) is 48.9 Å². The van der Waals surface area contributed by atoms with Gasteiger partial charge in [-0.25, -0.2) is 4.98 Å². The molecule has 2 aromatic heterocycles. The highest BCUT2D eigenvalue weighted by molar-refractivity contribution is 6.36. The van der Waals surface area contributed by atoms with E-state index in [-0.39, 0.29) is 5.41 Å². The number of rotatable bonds is 7. The molecule has 0 amide bonds.